The second-order valence-corrected chi connectivity index (χ2v) is 11.7. The molecular formula is C22H30N4O3S2. The van der Waals surface area contributed by atoms with E-state index in [9.17, 15) is 13.2 Å². The van der Waals surface area contributed by atoms with Gasteiger partial charge in [-0.15, -0.1) is 11.3 Å². The van der Waals surface area contributed by atoms with E-state index in [0.29, 0.717) is 30.4 Å². The first-order valence-electron chi connectivity index (χ1n) is 10.8. The Bertz CT molecular complexity index is 1040. The standard InChI is InChI=1S/C22H30N4O3S2/c1-17-15-19(25-9-3-4-10-25)6-7-20(17)23-21(27)16-24-11-13-26(14-12-24)31(28,29)22-8-5-18(2)30-22/h5-8,15H,3-4,9-14,16H2,1-2H3,(H,23,27). The second kappa shape index (κ2) is 9.28. The zero-order chi connectivity index (χ0) is 22.0. The second-order valence-electron chi connectivity index (χ2n) is 8.29. The van der Waals surface area contributed by atoms with Crippen LogP contribution < -0.4 is 10.2 Å². The Balaban J connectivity index is 1.29. The van der Waals surface area contributed by atoms with E-state index in [1.54, 1.807) is 6.07 Å². The van der Waals surface area contributed by atoms with Crippen LogP contribution in [0.25, 0.3) is 0 Å². The van der Waals surface area contributed by atoms with E-state index < -0.39 is 10.0 Å². The molecule has 0 spiro atoms. The Kier molecular flexibility index (Phi) is 6.66. The lowest BCUT2D eigenvalue weighted by molar-refractivity contribution is -0.117. The Morgan fingerprint density at radius 3 is 2.32 bits per heavy atom. The van der Waals surface area contributed by atoms with Gasteiger partial charge in [0.2, 0.25) is 5.91 Å². The number of sulfonamides is 1. The molecule has 2 fully saturated rings. The van der Waals surface area contributed by atoms with Gasteiger partial charge in [-0.3, -0.25) is 9.69 Å². The first-order chi connectivity index (χ1) is 14.8. The number of amides is 1. The summed E-state index contributed by atoms with van der Waals surface area (Å²) in [5.41, 5.74) is 3.10. The summed E-state index contributed by atoms with van der Waals surface area (Å²) in [6.07, 6.45) is 2.47. The van der Waals surface area contributed by atoms with Gasteiger partial charge in [-0.25, -0.2) is 8.42 Å². The highest BCUT2D eigenvalue weighted by Gasteiger charge is 2.30. The number of hydrogen-bond acceptors (Lipinski definition) is 6. The van der Waals surface area contributed by atoms with Crippen molar-refractivity contribution in [3.8, 4) is 0 Å². The summed E-state index contributed by atoms with van der Waals surface area (Å²) in [5, 5.41) is 3.02. The van der Waals surface area contributed by atoms with Crippen molar-refractivity contribution >= 4 is 38.6 Å². The van der Waals surface area contributed by atoms with Gasteiger partial charge in [0, 0.05) is 55.5 Å². The van der Waals surface area contributed by atoms with Crippen LogP contribution in [0.4, 0.5) is 11.4 Å². The van der Waals surface area contributed by atoms with Gasteiger partial charge in [0.15, 0.2) is 0 Å². The Labute approximate surface area is 188 Å². The van der Waals surface area contributed by atoms with Crippen molar-refractivity contribution in [3.63, 3.8) is 0 Å². The molecule has 0 atom stereocenters. The highest BCUT2D eigenvalue weighted by molar-refractivity contribution is 7.91. The summed E-state index contributed by atoms with van der Waals surface area (Å²) < 4.78 is 27.4. The van der Waals surface area contributed by atoms with Crippen LogP contribution in [0.15, 0.2) is 34.5 Å². The first-order valence-corrected chi connectivity index (χ1v) is 13.0. The summed E-state index contributed by atoms with van der Waals surface area (Å²) >= 11 is 1.30. The van der Waals surface area contributed by atoms with Crippen LogP contribution in [-0.2, 0) is 14.8 Å². The molecule has 1 aromatic carbocycles. The number of nitrogens with one attached hydrogen (secondary N) is 1. The third-order valence-corrected chi connectivity index (χ3v) is 9.33. The number of aryl methyl sites for hydroxylation is 2. The van der Waals surface area contributed by atoms with Crippen LogP contribution in [0.2, 0.25) is 0 Å². The highest BCUT2D eigenvalue weighted by atomic mass is 32.2. The maximum atomic E-state index is 12.8. The van der Waals surface area contributed by atoms with Crippen LogP contribution in [-0.4, -0.2) is 69.3 Å². The number of thiophene rings is 1. The van der Waals surface area contributed by atoms with Crippen LogP contribution in [0.1, 0.15) is 23.3 Å². The minimum absolute atomic E-state index is 0.0674. The van der Waals surface area contributed by atoms with Crippen LogP contribution >= 0.6 is 11.3 Å². The quantitative estimate of drug-likeness (QED) is 0.715. The molecule has 2 aliphatic heterocycles. The summed E-state index contributed by atoms with van der Waals surface area (Å²) in [5.74, 6) is -0.0674. The van der Waals surface area contributed by atoms with E-state index in [1.807, 2.05) is 30.9 Å². The molecule has 2 aromatic rings. The van der Waals surface area contributed by atoms with Crippen molar-refractivity contribution in [2.24, 2.45) is 0 Å². The van der Waals surface area contributed by atoms with E-state index in [0.717, 1.165) is 29.2 Å². The molecule has 0 unspecified atom stereocenters. The average molecular weight is 463 g/mol. The van der Waals surface area contributed by atoms with Gasteiger partial charge in [0.1, 0.15) is 4.21 Å². The first kappa shape index (κ1) is 22.3. The van der Waals surface area contributed by atoms with Crippen LogP contribution in [0.5, 0.6) is 0 Å². The lowest BCUT2D eigenvalue weighted by Crippen LogP contribution is -2.50. The van der Waals surface area contributed by atoms with E-state index in [2.05, 4.69) is 22.3 Å². The Hall–Kier alpha value is -1.94. The molecule has 168 valence electrons. The minimum Gasteiger partial charge on any atom is -0.372 e. The molecule has 0 radical (unpaired) electrons. The summed E-state index contributed by atoms with van der Waals surface area (Å²) in [7, 11) is -3.44. The number of piperazine rings is 1. The van der Waals surface area contributed by atoms with Gasteiger partial charge in [-0.05, 0) is 62.6 Å². The average Bonchev–Trinajstić information content (AvgIpc) is 3.42. The van der Waals surface area contributed by atoms with Crippen molar-refractivity contribution in [3.05, 3.63) is 40.8 Å². The molecule has 2 aliphatic rings. The zero-order valence-electron chi connectivity index (χ0n) is 18.1. The van der Waals surface area contributed by atoms with Crippen LogP contribution in [0, 0.1) is 13.8 Å². The number of benzene rings is 1. The largest absolute Gasteiger partial charge is 0.372 e. The number of rotatable bonds is 6. The molecule has 7 nitrogen and oxygen atoms in total. The van der Waals surface area contributed by atoms with Gasteiger partial charge in [0.05, 0.1) is 6.54 Å². The lowest BCUT2D eigenvalue weighted by atomic mass is 10.1. The molecule has 1 amide bonds. The van der Waals surface area contributed by atoms with E-state index >= 15 is 0 Å². The highest BCUT2D eigenvalue weighted by Crippen LogP contribution is 2.26. The molecule has 4 rings (SSSR count). The number of anilines is 2. The normalized spacial score (nSPS) is 18.5. The van der Waals surface area contributed by atoms with Gasteiger partial charge < -0.3 is 10.2 Å². The molecule has 2 saturated heterocycles. The third-order valence-electron chi connectivity index (χ3n) is 5.96. The van der Waals surface area contributed by atoms with Gasteiger partial charge in [-0.1, -0.05) is 0 Å². The van der Waals surface area contributed by atoms with Gasteiger partial charge in [0.25, 0.3) is 10.0 Å². The molecule has 1 N–H and O–H groups in total. The van der Waals surface area contributed by atoms with Crippen molar-refractivity contribution in [2.45, 2.75) is 30.9 Å². The molecule has 9 heteroatoms. The molecule has 3 heterocycles. The number of hydrogen-bond donors (Lipinski definition) is 1. The SMILES string of the molecule is Cc1ccc(S(=O)(=O)N2CCN(CC(=O)Nc3ccc(N4CCCC4)cc3C)CC2)s1. The fraction of sp³-hybridized carbons (Fsp3) is 0.500. The zero-order valence-corrected chi connectivity index (χ0v) is 19.8. The van der Waals surface area contributed by atoms with Crippen molar-refractivity contribution in [1.82, 2.24) is 9.21 Å². The molecule has 31 heavy (non-hydrogen) atoms. The minimum atomic E-state index is -3.44. The lowest BCUT2D eigenvalue weighted by Gasteiger charge is -2.33. The van der Waals surface area contributed by atoms with Crippen molar-refractivity contribution in [1.29, 1.82) is 0 Å². The predicted molar refractivity (Wildman–Crippen MR) is 126 cm³/mol. The smallest absolute Gasteiger partial charge is 0.252 e. The molecule has 0 saturated carbocycles. The fourth-order valence-electron chi connectivity index (χ4n) is 4.16. The monoisotopic (exact) mass is 462 g/mol. The fourth-order valence-corrected chi connectivity index (χ4v) is 7.02. The number of carbonyl (C=O) groups is 1. The summed E-state index contributed by atoms with van der Waals surface area (Å²) in [6, 6.07) is 9.69. The number of nitrogens with zero attached hydrogens (tertiary/aromatic N) is 3. The molecule has 0 aliphatic carbocycles. The maximum absolute atomic E-state index is 12.8. The van der Waals surface area contributed by atoms with Crippen molar-refractivity contribution < 1.29 is 13.2 Å². The summed E-state index contributed by atoms with van der Waals surface area (Å²) in [4.78, 5) is 18.0. The van der Waals surface area contributed by atoms with E-state index in [4.69, 9.17) is 0 Å². The third kappa shape index (κ3) is 5.11. The Morgan fingerprint density at radius 1 is 1.00 bits per heavy atom. The molecule has 0 bridgehead atoms. The summed E-state index contributed by atoms with van der Waals surface area (Å²) in [6.45, 7) is 8.27. The van der Waals surface area contributed by atoms with Crippen molar-refractivity contribution in [2.75, 3.05) is 56.0 Å². The van der Waals surface area contributed by atoms with E-state index in [1.165, 1.54) is 34.2 Å². The maximum Gasteiger partial charge on any atom is 0.252 e. The number of carbonyl (C=O) groups excluding carboxylic acids is 1. The van der Waals surface area contributed by atoms with Gasteiger partial charge >= 0.3 is 0 Å². The Morgan fingerprint density at radius 2 is 1.71 bits per heavy atom. The van der Waals surface area contributed by atoms with Crippen LogP contribution in [0.3, 0.4) is 0 Å². The topological polar surface area (TPSA) is 73.0 Å². The molecule has 1 aromatic heterocycles. The van der Waals surface area contributed by atoms with E-state index in [-0.39, 0.29) is 12.5 Å². The predicted octanol–water partition coefficient (Wildman–Crippen LogP) is 2.91. The van der Waals surface area contributed by atoms with Gasteiger partial charge in [-0.2, -0.15) is 4.31 Å². The molecular weight excluding hydrogens is 432 g/mol.